The van der Waals surface area contributed by atoms with Gasteiger partial charge < -0.3 is 18.9 Å². The van der Waals surface area contributed by atoms with Gasteiger partial charge in [-0.2, -0.15) is 0 Å². The standard InChI is InChI=1S/C19H29NO6/c1-8-24-14-9-11-15(12-10-14)25-19(6,23-7)13(2)16(21)20-17(22)26-18(3,4)5/h9-13H,8H2,1-7H3,(H,20,21,22). The third kappa shape index (κ3) is 6.55. The molecule has 0 radical (unpaired) electrons. The molecule has 7 nitrogen and oxygen atoms in total. The Morgan fingerprint density at radius 1 is 1.08 bits per heavy atom. The van der Waals surface area contributed by atoms with Crippen LogP contribution in [-0.2, 0) is 14.3 Å². The van der Waals surface area contributed by atoms with Crippen molar-refractivity contribution in [3.05, 3.63) is 24.3 Å². The molecule has 0 aromatic heterocycles. The minimum atomic E-state index is -1.28. The van der Waals surface area contributed by atoms with E-state index in [0.29, 0.717) is 12.4 Å². The molecule has 0 fully saturated rings. The van der Waals surface area contributed by atoms with Gasteiger partial charge in [-0.3, -0.25) is 10.1 Å². The number of imide groups is 1. The number of hydrogen-bond acceptors (Lipinski definition) is 6. The fourth-order valence-corrected chi connectivity index (χ4v) is 2.06. The minimum absolute atomic E-state index is 0.509. The van der Waals surface area contributed by atoms with E-state index in [9.17, 15) is 9.59 Å². The summed E-state index contributed by atoms with van der Waals surface area (Å²) >= 11 is 0. The Morgan fingerprint density at radius 2 is 1.62 bits per heavy atom. The van der Waals surface area contributed by atoms with Crippen LogP contribution in [0.2, 0.25) is 0 Å². The van der Waals surface area contributed by atoms with Gasteiger partial charge in [-0.25, -0.2) is 4.79 Å². The highest BCUT2D eigenvalue weighted by Gasteiger charge is 2.39. The van der Waals surface area contributed by atoms with Gasteiger partial charge in [0.2, 0.25) is 11.7 Å². The van der Waals surface area contributed by atoms with Crippen molar-refractivity contribution in [2.75, 3.05) is 13.7 Å². The second kappa shape index (κ2) is 8.89. The van der Waals surface area contributed by atoms with Crippen LogP contribution in [0.5, 0.6) is 11.5 Å². The Kier molecular flexibility index (Phi) is 7.44. The predicted molar refractivity (Wildman–Crippen MR) is 97.2 cm³/mol. The summed E-state index contributed by atoms with van der Waals surface area (Å²) in [5, 5.41) is 2.21. The van der Waals surface area contributed by atoms with E-state index in [1.54, 1.807) is 58.9 Å². The molecule has 0 bridgehead atoms. The number of ether oxygens (including phenoxy) is 4. The van der Waals surface area contributed by atoms with Gasteiger partial charge in [-0.15, -0.1) is 0 Å². The third-order valence-corrected chi connectivity index (χ3v) is 3.66. The predicted octanol–water partition coefficient (Wildman–Crippen LogP) is 3.51. The van der Waals surface area contributed by atoms with E-state index in [-0.39, 0.29) is 0 Å². The summed E-state index contributed by atoms with van der Waals surface area (Å²) in [6, 6.07) is 6.97. The Hall–Kier alpha value is -2.28. The number of methoxy groups -OCH3 is 1. The number of carbonyl (C=O) groups excluding carboxylic acids is 2. The van der Waals surface area contributed by atoms with E-state index < -0.39 is 29.3 Å². The summed E-state index contributed by atoms with van der Waals surface area (Å²) in [5.41, 5.74) is -0.697. The zero-order valence-electron chi connectivity index (χ0n) is 16.5. The number of alkyl carbamates (subject to hydrolysis) is 1. The second-order valence-electron chi connectivity index (χ2n) is 6.94. The monoisotopic (exact) mass is 367 g/mol. The largest absolute Gasteiger partial charge is 0.494 e. The SMILES string of the molecule is CCOc1ccc(OC(C)(OC)C(C)C(=O)NC(=O)OC(C)(C)C)cc1. The summed E-state index contributed by atoms with van der Waals surface area (Å²) < 4.78 is 21.8. The maximum Gasteiger partial charge on any atom is 0.414 e. The van der Waals surface area contributed by atoms with Crippen molar-refractivity contribution >= 4 is 12.0 Å². The normalized spacial score (nSPS) is 14.7. The van der Waals surface area contributed by atoms with E-state index in [0.717, 1.165) is 5.75 Å². The zero-order chi connectivity index (χ0) is 20.0. The Morgan fingerprint density at radius 3 is 2.08 bits per heavy atom. The van der Waals surface area contributed by atoms with Crippen molar-refractivity contribution in [3.8, 4) is 11.5 Å². The zero-order valence-corrected chi connectivity index (χ0v) is 16.5. The van der Waals surface area contributed by atoms with Gasteiger partial charge in [-0.05, 0) is 58.9 Å². The molecular formula is C19H29NO6. The van der Waals surface area contributed by atoms with Crippen LogP contribution in [0.4, 0.5) is 4.79 Å². The van der Waals surface area contributed by atoms with Crippen LogP contribution in [0.15, 0.2) is 24.3 Å². The number of amides is 2. The van der Waals surface area contributed by atoms with Crippen molar-refractivity contribution in [2.24, 2.45) is 5.92 Å². The first-order chi connectivity index (χ1) is 12.0. The Balaban J connectivity index is 2.79. The van der Waals surface area contributed by atoms with Crippen molar-refractivity contribution in [2.45, 2.75) is 52.9 Å². The fourth-order valence-electron chi connectivity index (χ4n) is 2.06. The van der Waals surface area contributed by atoms with Crippen LogP contribution in [0.3, 0.4) is 0 Å². The first kappa shape index (κ1) is 21.8. The van der Waals surface area contributed by atoms with Crippen LogP contribution in [-0.4, -0.2) is 37.1 Å². The van der Waals surface area contributed by atoms with Gasteiger partial charge in [0.25, 0.3) is 0 Å². The number of rotatable bonds is 7. The molecule has 2 amide bonds. The van der Waals surface area contributed by atoms with Crippen molar-refractivity contribution in [1.82, 2.24) is 5.32 Å². The molecule has 1 aromatic carbocycles. The third-order valence-electron chi connectivity index (χ3n) is 3.66. The number of nitrogens with one attached hydrogen (secondary N) is 1. The molecular weight excluding hydrogens is 338 g/mol. The van der Waals surface area contributed by atoms with Crippen molar-refractivity contribution in [1.29, 1.82) is 0 Å². The van der Waals surface area contributed by atoms with Crippen molar-refractivity contribution in [3.63, 3.8) is 0 Å². The Labute approximate surface area is 155 Å². The molecule has 0 saturated carbocycles. The van der Waals surface area contributed by atoms with E-state index in [1.807, 2.05) is 6.92 Å². The molecule has 26 heavy (non-hydrogen) atoms. The number of benzene rings is 1. The van der Waals surface area contributed by atoms with Gasteiger partial charge in [0, 0.05) is 14.0 Å². The Bertz CT molecular complexity index is 607. The molecule has 0 aliphatic heterocycles. The molecule has 2 unspecified atom stereocenters. The molecule has 0 aliphatic rings. The average Bonchev–Trinajstić information content (AvgIpc) is 2.54. The number of hydrogen-bond donors (Lipinski definition) is 1. The molecule has 146 valence electrons. The first-order valence-electron chi connectivity index (χ1n) is 8.51. The average molecular weight is 367 g/mol. The summed E-state index contributed by atoms with van der Waals surface area (Å²) in [7, 11) is 1.44. The van der Waals surface area contributed by atoms with Gasteiger partial charge >= 0.3 is 6.09 Å². The molecule has 1 N–H and O–H groups in total. The van der Waals surface area contributed by atoms with E-state index in [4.69, 9.17) is 18.9 Å². The first-order valence-corrected chi connectivity index (χ1v) is 8.51. The highest BCUT2D eigenvalue weighted by molar-refractivity contribution is 5.93. The molecule has 2 atom stereocenters. The second-order valence-corrected chi connectivity index (χ2v) is 6.94. The van der Waals surface area contributed by atoms with Crippen LogP contribution in [0, 0.1) is 5.92 Å². The molecule has 0 heterocycles. The summed E-state index contributed by atoms with van der Waals surface area (Å²) in [6.07, 6.45) is -0.811. The summed E-state index contributed by atoms with van der Waals surface area (Å²) in [5.74, 6) is -1.40. The summed E-state index contributed by atoms with van der Waals surface area (Å²) in [6.45, 7) is 10.9. The van der Waals surface area contributed by atoms with Gasteiger partial charge in [0.15, 0.2) is 0 Å². The lowest BCUT2D eigenvalue weighted by molar-refractivity contribution is -0.188. The minimum Gasteiger partial charge on any atom is -0.494 e. The van der Waals surface area contributed by atoms with E-state index >= 15 is 0 Å². The van der Waals surface area contributed by atoms with E-state index in [1.165, 1.54) is 7.11 Å². The van der Waals surface area contributed by atoms with Crippen LogP contribution >= 0.6 is 0 Å². The van der Waals surface area contributed by atoms with Gasteiger partial charge in [0.1, 0.15) is 23.0 Å². The van der Waals surface area contributed by atoms with Gasteiger partial charge in [-0.1, -0.05) is 0 Å². The molecule has 0 saturated heterocycles. The van der Waals surface area contributed by atoms with Crippen LogP contribution in [0.25, 0.3) is 0 Å². The van der Waals surface area contributed by atoms with E-state index in [2.05, 4.69) is 5.32 Å². The lowest BCUT2D eigenvalue weighted by atomic mass is 10.0. The summed E-state index contributed by atoms with van der Waals surface area (Å²) in [4.78, 5) is 24.2. The smallest absolute Gasteiger partial charge is 0.414 e. The van der Waals surface area contributed by atoms with Crippen LogP contribution in [0.1, 0.15) is 41.5 Å². The molecule has 1 rings (SSSR count). The molecule has 7 heteroatoms. The van der Waals surface area contributed by atoms with Gasteiger partial charge in [0.05, 0.1) is 6.61 Å². The maximum atomic E-state index is 12.4. The highest BCUT2D eigenvalue weighted by atomic mass is 16.7. The topological polar surface area (TPSA) is 83.1 Å². The molecule has 1 aromatic rings. The quantitative estimate of drug-likeness (QED) is 0.743. The number of carbonyl (C=O) groups is 2. The maximum absolute atomic E-state index is 12.4. The lowest BCUT2D eigenvalue weighted by Gasteiger charge is -2.33. The van der Waals surface area contributed by atoms with Crippen LogP contribution < -0.4 is 14.8 Å². The lowest BCUT2D eigenvalue weighted by Crippen LogP contribution is -2.50. The molecule has 0 spiro atoms. The van der Waals surface area contributed by atoms with Crippen molar-refractivity contribution < 1.29 is 28.5 Å². The fraction of sp³-hybridized carbons (Fsp3) is 0.579. The highest BCUT2D eigenvalue weighted by Crippen LogP contribution is 2.28. The molecule has 0 aliphatic carbocycles.